The molecule has 0 saturated carbocycles. The highest BCUT2D eigenvalue weighted by Crippen LogP contribution is 1.80. The molecule has 0 unspecified atom stereocenters. The Morgan fingerprint density at radius 1 is 1.27 bits per heavy atom. The van der Waals surface area contributed by atoms with E-state index in [-0.39, 0.29) is 20.3 Å². The molecular formula is C6H12N2O3. The van der Waals surface area contributed by atoms with E-state index in [1.54, 1.807) is 0 Å². The van der Waals surface area contributed by atoms with Gasteiger partial charge >= 0.3 is 0 Å². The zero-order chi connectivity index (χ0) is 8.36. The van der Waals surface area contributed by atoms with Crippen molar-refractivity contribution in [2.24, 2.45) is 4.99 Å². The van der Waals surface area contributed by atoms with Crippen LogP contribution < -0.4 is 0 Å². The second-order valence-corrected chi connectivity index (χ2v) is 1.54. The molecule has 0 aliphatic rings. The molecule has 11 heavy (non-hydrogen) atoms. The summed E-state index contributed by atoms with van der Waals surface area (Å²) in [6.45, 7) is 2.97. The lowest BCUT2D eigenvalue weighted by Crippen LogP contribution is -2.04. The maximum absolute atomic E-state index is 6.39. The van der Waals surface area contributed by atoms with Crippen LogP contribution in [0.4, 0.5) is 0 Å². The average molecular weight is 160 g/mol. The molecule has 0 saturated heterocycles. The maximum atomic E-state index is 6.39. The number of rotatable bonds is 7. The fourth-order valence-electron chi connectivity index (χ4n) is 0.350. The van der Waals surface area contributed by atoms with Crippen molar-refractivity contribution in [3.05, 3.63) is 0 Å². The van der Waals surface area contributed by atoms with Gasteiger partial charge in [0.05, 0.1) is 6.01 Å². The van der Waals surface area contributed by atoms with Crippen LogP contribution in [0.1, 0.15) is 6.92 Å². The summed E-state index contributed by atoms with van der Waals surface area (Å²) in [6, 6.07) is 1.83. The van der Waals surface area contributed by atoms with Gasteiger partial charge in [-0.25, -0.2) is 5.41 Å². The average Bonchev–Trinajstić information content (AvgIpc) is 2.03. The summed E-state index contributed by atoms with van der Waals surface area (Å²) in [6.07, 6.45) is 0. The first kappa shape index (κ1) is 10.3. The number of hydrogen-bond donors (Lipinski definition) is 1. The lowest BCUT2D eigenvalue weighted by molar-refractivity contribution is -0.127. The summed E-state index contributed by atoms with van der Waals surface area (Å²) in [5.41, 5.74) is 0. The van der Waals surface area contributed by atoms with Gasteiger partial charge in [-0.1, -0.05) is 0 Å². The second kappa shape index (κ2) is 9.26. The Balaban J connectivity index is 2.84. The van der Waals surface area contributed by atoms with E-state index in [1.807, 2.05) is 12.9 Å². The first-order chi connectivity index (χ1) is 5.41. The second-order valence-electron chi connectivity index (χ2n) is 1.54. The first-order valence-corrected chi connectivity index (χ1v) is 3.23. The van der Waals surface area contributed by atoms with E-state index in [2.05, 4.69) is 4.99 Å². The molecule has 0 aromatic rings. The molecule has 0 aliphatic carbocycles. The number of ether oxygens (including phenoxy) is 3. The smallest absolute Gasteiger partial charge is 0.152 e. The summed E-state index contributed by atoms with van der Waals surface area (Å²) >= 11 is 0. The lowest BCUT2D eigenvalue weighted by Gasteiger charge is -2.01. The molecule has 5 nitrogen and oxygen atoms in total. The molecule has 0 fully saturated rings. The summed E-state index contributed by atoms with van der Waals surface area (Å²) in [5, 5.41) is 6.39. The molecule has 0 spiro atoms. The van der Waals surface area contributed by atoms with Gasteiger partial charge in [-0.15, -0.1) is 0 Å². The van der Waals surface area contributed by atoms with Crippen LogP contribution in [0.2, 0.25) is 0 Å². The summed E-state index contributed by atoms with van der Waals surface area (Å²) in [5.74, 6) is 0. The number of nitrogens with one attached hydrogen (secondary N) is 1. The van der Waals surface area contributed by atoms with Crippen molar-refractivity contribution in [1.29, 1.82) is 5.41 Å². The minimum atomic E-state index is 0.107. The SMILES string of the molecule is CCOCOCOCN=C=N. The molecule has 0 atom stereocenters. The molecule has 0 amide bonds. The standard InChI is InChI=1S/C6H12N2O3/c1-2-9-5-11-6-10-4-8-3-7/h7H,2,4-6H2,1H3. The molecule has 1 N–H and O–H groups in total. The molecule has 0 aromatic heterocycles. The molecule has 0 heterocycles. The van der Waals surface area contributed by atoms with Gasteiger partial charge in [0.2, 0.25) is 0 Å². The summed E-state index contributed by atoms with van der Waals surface area (Å²) < 4.78 is 14.5. The van der Waals surface area contributed by atoms with Gasteiger partial charge in [0, 0.05) is 6.61 Å². The highest BCUT2D eigenvalue weighted by Gasteiger charge is 1.84. The van der Waals surface area contributed by atoms with Crippen LogP contribution in [0.25, 0.3) is 0 Å². The highest BCUT2D eigenvalue weighted by molar-refractivity contribution is 5.35. The van der Waals surface area contributed by atoms with Gasteiger partial charge < -0.3 is 14.2 Å². The third-order valence-corrected chi connectivity index (χ3v) is 0.772. The molecule has 5 heteroatoms. The predicted octanol–water partition coefficient (Wildman–Crippen LogP) is 0.681. The molecule has 64 valence electrons. The minimum Gasteiger partial charge on any atom is -0.356 e. The Labute approximate surface area is 65.5 Å². The molecule has 0 aromatic carbocycles. The van der Waals surface area contributed by atoms with Gasteiger partial charge in [0.15, 0.2) is 13.5 Å². The van der Waals surface area contributed by atoms with Gasteiger partial charge in [-0.2, -0.15) is 4.99 Å². The third-order valence-electron chi connectivity index (χ3n) is 0.772. The van der Waals surface area contributed by atoms with Crippen molar-refractivity contribution in [2.75, 3.05) is 26.9 Å². The van der Waals surface area contributed by atoms with E-state index in [0.717, 1.165) is 0 Å². The van der Waals surface area contributed by atoms with Crippen LogP contribution in [-0.4, -0.2) is 32.9 Å². The topological polar surface area (TPSA) is 63.9 Å². The lowest BCUT2D eigenvalue weighted by atomic mass is 10.9. The van der Waals surface area contributed by atoms with Crippen molar-refractivity contribution in [2.45, 2.75) is 6.92 Å². The van der Waals surface area contributed by atoms with Crippen LogP contribution in [-0.2, 0) is 14.2 Å². The Kier molecular flexibility index (Phi) is 8.64. The van der Waals surface area contributed by atoms with Crippen molar-refractivity contribution in [1.82, 2.24) is 0 Å². The summed E-state index contributed by atoms with van der Waals surface area (Å²) in [4.78, 5) is 3.36. The van der Waals surface area contributed by atoms with Gasteiger partial charge in [0.1, 0.15) is 6.79 Å². The van der Waals surface area contributed by atoms with Gasteiger partial charge in [-0.3, -0.25) is 0 Å². The van der Waals surface area contributed by atoms with Crippen molar-refractivity contribution in [3.8, 4) is 0 Å². The van der Waals surface area contributed by atoms with Crippen LogP contribution in [0.15, 0.2) is 4.99 Å². The van der Waals surface area contributed by atoms with Crippen LogP contribution in [0.3, 0.4) is 0 Å². The van der Waals surface area contributed by atoms with Crippen molar-refractivity contribution < 1.29 is 14.2 Å². The van der Waals surface area contributed by atoms with Crippen LogP contribution in [0, 0.1) is 5.41 Å². The minimum absolute atomic E-state index is 0.107. The fourth-order valence-corrected chi connectivity index (χ4v) is 0.350. The number of nitrogens with zero attached hydrogens (tertiary/aromatic N) is 1. The van der Waals surface area contributed by atoms with E-state index >= 15 is 0 Å². The first-order valence-electron chi connectivity index (χ1n) is 3.23. The van der Waals surface area contributed by atoms with E-state index < -0.39 is 0 Å². The molecule has 0 bridgehead atoms. The Morgan fingerprint density at radius 2 is 2.00 bits per heavy atom. The van der Waals surface area contributed by atoms with E-state index in [1.165, 1.54) is 0 Å². The third kappa shape index (κ3) is 9.26. The van der Waals surface area contributed by atoms with Crippen LogP contribution in [0.5, 0.6) is 0 Å². The Morgan fingerprint density at radius 3 is 2.64 bits per heavy atom. The van der Waals surface area contributed by atoms with E-state index in [0.29, 0.717) is 6.61 Å². The van der Waals surface area contributed by atoms with Gasteiger partial charge in [0.25, 0.3) is 0 Å². The number of hydrogen-bond acceptors (Lipinski definition) is 5. The van der Waals surface area contributed by atoms with Crippen molar-refractivity contribution >= 4 is 6.01 Å². The molecular weight excluding hydrogens is 148 g/mol. The van der Waals surface area contributed by atoms with Crippen LogP contribution >= 0.6 is 0 Å². The van der Waals surface area contributed by atoms with Gasteiger partial charge in [-0.05, 0) is 6.92 Å². The zero-order valence-electron chi connectivity index (χ0n) is 6.50. The van der Waals surface area contributed by atoms with E-state index in [4.69, 9.17) is 19.6 Å². The fraction of sp³-hybridized carbons (Fsp3) is 0.833. The zero-order valence-corrected chi connectivity index (χ0v) is 6.50. The molecule has 0 radical (unpaired) electrons. The Bertz CT molecular complexity index is 123. The molecule has 0 aliphatic heterocycles. The predicted molar refractivity (Wildman–Crippen MR) is 38.6 cm³/mol. The molecule has 0 rings (SSSR count). The number of aliphatic imine (C=N–C) groups is 1. The van der Waals surface area contributed by atoms with Crippen molar-refractivity contribution in [3.63, 3.8) is 0 Å². The highest BCUT2D eigenvalue weighted by atomic mass is 16.7. The summed E-state index contributed by atoms with van der Waals surface area (Å²) in [7, 11) is 0. The Hall–Kier alpha value is -0.740. The largest absolute Gasteiger partial charge is 0.356 e. The monoisotopic (exact) mass is 160 g/mol. The van der Waals surface area contributed by atoms with E-state index in [9.17, 15) is 0 Å². The maximum Gasteiger partial charge on any atom is 0.152 e. The normalized spacial score (nSPS) is 9.18. The quantitative estimate of drug-likeness (QED) is 0.338.